The number of aliphatic hydroxyl groups excluding tert-OH is 1. The SMILES string of the molecule is CCCOc1ccc(C2C(C(=O)c3sc(C)nc3C)=C(O)C(=O)N2CCCN2CCOCC2)cc1OCC. The van der Waals surface area contributed by atoms with Crippen molar-refractivity contribution in [3.8, 4) is 11.5 Å². The van der Waals surface area contributed by atoms with Crippen molar-refractivity contribution in [2.75, 3.05) is 52.6 Å². The lowest BCUT2D eigenvalue weighted by molar-refractivity contribution is -0.129. The molecule has 1 aromatic carbocycles. The number of amides is 1. The first-order valence-corrected chi connectivity index (χ1v) is 14.1. The van der Waals surface area contributed by atoms with Gasteiger partial charge in [-0.25, -0.2) is 4.98 Å². The normalized spacial score (nSPS) is 18.4. The minimum Gasteiger partial charge on any atom is -0.503 e. The van der Waals surface area contributed by atoms with Crippen LogP contribution in [-0.2, 0) is 9.53 Å². The molecule has 1 fully saturated rings. The highest BCUT2D eigenvalue weighted by Crippen LogP contribution is 2.42. The average molecular weight is 544 g/mol. The van der Waals surface area contributed by atoms with E-state index in [0.29, 0.717) is 67.0 Å². The molecule has 0 saturated carbocycles. The zero-order valence-corrected chi connectivity index (χ0v) is 23.4. The van der Waals surface area contributed by atoms with Gasteiger partial charge in [0.05, 0.1) is 53.6 Å². The number of nitrogens with zero attached hydrogens (tertiary/aromatic N) is 3. The molecule has 10 heteroatoms. The van der Waals surface area contributed by atoms with Crippen LogP contribution in [0.15, 0.2) is 29.5 Å². The summed E-state index contributed by atoms with van der Waals surface area (Å²) in [5.74, 6) is -0.258. The van der Waals surface area contributed by atoms with Crippen molar-refractivity contribution in [1.82, 2.24) is 14.8 Å². The van der Waals surface area contributed by atoms with Gasteiger partial charge in [-0.05, 0) is 51.3 Å². The summed E-state index contributed by atoms with van der Waals surface area (Å²) < 4.78 is 17.2. The number of benzene rings is 1. The van der Waals surface area contributed by atoms with E-state index in [1.807, 2.05) is 39.0 Å². The number of aromatic nitrogens is 1. The second kappa shape index (κ2) is 12.7. The molecule has 4 rings (SSSR count). The Kier molecular flexibility index (Phi) is 9.40. The van der Waals surface area contributed by atoms with Crippen LogP contribution >= 0.6 is 11.3 Å². The summed E-state index contributed by atoms with van der Waals surface area (Å²) in [5.41, 5.74) is 1.36. The van der Waals surface area contributed by atoms with E-state index in [2.05, 4.69) is 9.88 Å². The number of hydrogen-bond donors (Lipinski definition) is 1. The van der Waals surface area contributed by atoms with Crippen LogP contribution in [0.1, 0.15) is 58.7 Å². The fourth-order valence-electron chi connectivity index (χ4n) is 4.91. The smallest absolute Gasteiger partial charge is 0.290 e. The first-order valence-electron chi connectivity index (χ1n) is 13.3. The molecule has 206 valence electrons. The number of rotatable bonds is 12. The quantitative estimate of drug-likeness (QED) is 0.397. The van der Waals surface area contributed by atoms with E-state index in [1.54, 1.807) is 11.8 Å². The second-order valence-electron chi connectivity index (χ2n) is 9.44. The van der Waals surface area contributed by atoms with Crippen LogP contribution in [0.4, 0.5) is 0 Å². The summed E-state index contributed by atoms with van der Waals surface area (Å²) in [6, 6.07) is 4.72. The fourth-order valence-corrected chi connectivity index (χ4v) is 5.78. The van der Waals surface area contributed by atoms with Crippen molar-refractivity contribution < 1.29 is 28.9 Å². The lowest BCUT2D eigenvalue weighted by Gasteiger charge is -2.30. The van der Waals surface area contributed by atoms with E-state index in [0.717, 1.165) is 31.1 Å². The van der Waals surface area contributed by atoms with Gasteiger partial charge in [0.25, 0.3) is 5.91 Å². The summed E-state index contributed by atoms with van der Waals surface area (Å²) in [4.78, 5) is 35.9. The molecule has 0 bridgehead atoms. The van der Waals surface area contributed by atoms with Crippen LogP contribution in [0.3, 0.4) is 0 Å². The third-order valence-electron chi connectivity index (χ3n) is 6.68. The Balaban J connectivity index is 1.69. The van der Waals surface area contributed by atoms with E-state index in [1.165, 1.54) is 11.3 Å². The Morgan fingerprint density at radius 1 is 1.16 bits per heavy atom. The van der Waals surface area contributed by atoms with E-state index in [4.69, 9.17) is 14.2 Å². The van der Waals surface area contributed by atoms with Crippen molar-refractivity contribution in [2.45, 2.75) is 46.6 Å². The summed E-state index contributed by atoms with van der Waals surface area (Å²) in [7, 11) is 0. The van der Waals surface area contributed by atoms with Crippen LogP contribution in [-0.4, -0.2) is 84.2 Å². The molecule has 1 saturated heterocycles. The predicted molar refractivity (Wildman–Crippen MR) is 145 cm³/mol. The van der Waals surface area contributed by atoms with Gasteiger partial charge in [0, 0.05) is 26.2 Å². The number of Topliss-reactive ketones (excluding diaryl/α,β-unsaturated/α-hetero) is 1. The number of ketones is 1. The maximum absolute atomic E-state index is 13.8. The van der Waals surface area contributed by atoms with Gasteiger partial charge in [-0.3, -0.25) is 14.5 Å². The molecule has 0 spiro atoms. The third-order valence-corrected chi connectivity index (χ3v) is 7.75. The van der Waals surface area contributed by atoms with Gasteiger partial charge >= 0.3 is 0 Å². The summed E-state index contributed by atoms with van der Waals surface area (Å²) in [6.07, 6.45) is 1.55. The van der Waals surface area contributed by atoms with Crippen molar-refractivity contribution >= 4 is 23.0 Å². The number of morpholine rings is 1. The molecule has 38 heavy (non-hydrogen) atoms. The zero-order valence-electron chi connectivity index (χ0n) is 22.6. The lowest BCUT2D eigenvalue weighted by Crippen LogP contribution is -2.39. The van der Waals surface area contributed by atoms with Crippen LogP contribution in [0.25, 0.3) is 0 Å². The molecule has 3 heterocycles. The highest BCUT2D eigenvalue weighted by molar-refractivity contribution is 7.14. The first-order chi connectivity index (χ1) is 18.3. The molecule has 1 N–H and O–H groups in total. The van der Waals surface area contributed by atoms with Crippen LogP contribution in [0.5, 0.6) is 11.5 Å². The van der Waals surface area contributed by atoms with Crippen molar-refractivity contribution in [3.05, 3.63) is 50.7 Å². The van der Waals surface area contributed by atoms with Crippen molar-refractivity contribution in [2.24, 2.45) is 0 Å². The van der Waals surface area contributed by atoms with Gasteiger partial charge in [-0.2, -0.15) is 0 Å². The monoisotopic (exact) mass is 543 g/mol. The number of thiazole rings is 1. The molecule has 2 aliphatic rings. The van der Waals surface area contributed by atoms with Crippen molar-refractivity contribution in [1.29, 1.82) is 0 Å². The van der Waals surface area contributed by atoms with Crippen LogP contribution in [0, 0.1) is 13.8 Å². The molecule has 2 aliphatic heterocycles. The first kappa shape index (κ1) is 28.1. The molecule has 0 aliphatic carbocycles. The number of aliphatic hydroxyl groups is 1. The Morgan fingerprint density at radius 3 is 2.58 bits per heavy atom. The number of carbonyl (C=O) groups excluding carboxylic acids is 2. The lowest BCUT2D eigenvalue weighted by atomic mass is 9.94. The van der Waals surface area contributed by atoms with E-state index < -0.39 is 17.7 Å². The topological polar surface area (TPSA) is 101 Å². The summed E-state index contributed by atoms with van der Waals surface area (Å²) in [6.45, 7) is 12.8. The largest absolute Gasteiger partial charge is 0.503 e. The third kappa shape index (κ3) is 6.03. The summed E-state index contributed by atoms with van der Waals surface area (Å²) in [5, 5.41) is 11.8. The van der Waals surface area contributed by atoms with Crippen molar-refractivity contribution in [3.63, 3.8) is 0 Å². The molecule has 2 aromatic rings. The van der Waals surface area contributed by atoms with Gasteiger partial charge in [0.15, 0.2) is 17.3 Å². The molecule has 1 unspecified atom stereocenters. The minimum absolute atomic E-state index is 0.0813. The Bertz CT molecular complexity index is 1190. The second-order valence-corrected chi connectivity index (χ2v) is 10.6. The zero-order chi connectivity index (χ0) is 27.2. The van der Waals surface area contributed by atoms with E-state index in [-0.39, 0.29) is 11.4 Å². The fraction of sp³-hybridized carbons (Fsp3) is 0.536. The van der Waals surface area contributed by atoms with Crippen LogP contribution < -0.4 is 9.47 Å². The van der Waals surface area contributed by atoms with Crippen LogP contribution in [0.2, 0.25) is 0 Å². The Hall–Kier alpha value is -2.95. The number of carbonyl (C=O) groups is 2. The van der Waals surface area contributed by atoms with Gasteiger partial charge in [0.2, 0.25) is 5.78 Å². The highest BCUT2D eigenvalue weighted by Gasteiger charge is 2.44. The van der Waals surface area contributed by atoms with Gasteiger partial charge in [-0.15, -0.1) is 11.3 Å². The maximum atomic E-state index is 13.8. The van der Waals surface area contributed by atoms with E-state index in [9.17, 15) is 14.7 Å². The van der Waals surface area contributed by atoms with Gasteiger partial charge in [0.1, 0.15) is 0 Å². The molecule has 9 nitrogen and oxygen atoms in total. The molecular formula is C28H37N3O6S. The Morgan fingerprint density at radius 2 is 1.92 bits per heavy atom. The predicted octanol–water partition coefficient (Wildman–Crippen LogP) is 4.25. The van der Waals surface area contributed by atoms with E-state index >= 15 is 0 Å². The summed E-state index contributed by atoms with van der Waals surface area (Å²) >= 11 is 1.27. The Labute approximate surface area is 228 Å². The molecule has 1 atom stereocenters. The molecule has 0 radical (unpaired) electrons. The molecular weight excluding hydrogens is 506 g/mol. The maximum Gasteiger partial charge on any atom is 0.290 e. The number of hydrogen-bond acceptors (Lipinski definition) is 9. The average Bonchev–Trinajstić information content (AvgIpc) is 3.38. The number of ether oxygens (including phenoxy) is 3. The van der Waals surface area contributed by atoms with Gasteiger partial charge < -0.3 is 24.2 Å². The number of aryl methyl sites for hydroxylation is 2. The molecule has 1 aromatic heterocycles. The molecule has 1 amide bonds. The van der Waals surface area contributed by atoms with Gasteiger partial charge in [-0.1, -0.05) is 13.0 Å². The highest BCUT2D eigenvalue weighted by atomic mass is 32.1. The standard InChI is InChI=1S/C28H37N3O6S/c1-5-14-37-21-9-8-20(17-22(21)36-6-2)24-23(25(32)27-18(3)29-19(4)38-27)26(33)28(34)31(24)11-7-10-30-12-15-35-16-13-30/h8-9,17,24,33H,5-7,10-16H2,1-4H3. The minimum atomic E-state index is -0.749.